The summed E-state index contributed by atoms with van der Waals surface area (Å²) < 4.78 is 30.2. The molecule has 6 heteroatoms. The van der Waals surface area contributed by atoms with E-state index in [1.54, 1.807) is 22.3 Å². The van der Waals surface area contributed by atoms with E-state index in [0.717, 1.165) is 24.3 Å². The molecule has 2 atom stereocenters. The van der Waals surface area contributed by atoms with Gasteiger partial charge in [-0.3, -0.25) is 0 Å². The number of benzene rings is 2. The van der Waals surface area contributed by atoms with Crippen molar-refractivity contribution in [3.8, 4) is 0 Å². The molecular formula is C19H22ClNO4. The number of nitrogens with two attached hydrogens (primary N) is 1. The average molecular weight is 364 g/mol. The van der Waals surface area contributed by atoms with Crippen LogP contribution in [0.15, 0.2) is 48.5 Å². The number of hydrogen-bond acceptors (Lipinski definition) is 5. The quantitative estimate of drug-likeness (QED) is 0.585. The summed E-state index contributed by atoms with van der Waals surface area (Å²) in [5.41, 5.74) is 12.9. The number of fused-ring (bicyclic) bond motifs is 5. The Balaban J connectivity index is 0.000000280. The van der Waals surface area contributed by atoms with E-state index < -0.39 is 10.2 Å². The van der Waals surface area contributed by atoms with Gasteiger partial charge in [-0.2, -0.15) is 0 Å². The second-order valence-corrected chi connectivity index (χ2v) is 8.20. The molecule has 3 aliphatic carbocycles. The van der Waals surface area contributed by atoms with Crippen molar-refractivity contribution < 1.29 is 28.9 Å². The third-order valence-corrected chi connectivity index (χ3v) is 6.05. The van der Waals surface area contributed by atoms with Gasteiger partial charge >= 0.3 is 28.9 Å². The first kappa shape index (κ1) is 17.0. The summed E-state index contributed by atoms with van der Waals surface area (Å²) >= 11 is 0. The second kappa shape index (κ2) is 5.77. The van der Waals surface area contributed by atoms with Gasteiger partial charge in [0.25, 0.3) is 0 Å². The summed E-state index contributed by atoms with van der Waals surface area (Å²) in [4.78, 5) is 0. The van der Waals surface area contributed by atoms with Gasteiger partial charge in [-0.15, -0.1) is 0 Å². The van der Waals surface area contributed by atoms with Crippen LogP contribution in [-0.4, -0.2) is 20.5 Å². The van der Waals surface area contributed by atoms with Crippen molar-refractivity contribution >= 4 is 0 Å². The van der Waals surface area contributed by atoms with Gasteiger partial charge in [-0.1, -0.05) is 48.5 Å². The molecule has 0 saturated heterocycles. The van der Waals surface area contributed by atoms with E-state index in [9.17, 15) is 0 Å². The molecule has 134 valence electrons. The van der Waals surface area contributed by atoms with E-state index >= 15 is 0 Å². The van der Waals surface area contributed by atoms with Gasteiger partial charge in [0, 0.05) is 0 Å². The maximum atomic E-state index is 8.83. The van der Waals surface area contributed by atoms with Gasteiger partial charge < -0.3 is 5.73 Å². The first-order valence-corrected chi connectivity index (χ1v) is 9.68. The fraction of sp³-hybridized carbons (Fsp3) is 0.368. The molecule has 5 rings (SSSR count). The normalized spacial score (nSPS) is 31.6. The van der Waals surface area contributed by atoms with Crippen LogP contribution in [0.4, 0.5) is 0 Å². The second-order valence-electron chi connectivity index (χ2n) is 7.33. The third-order valence-electron chi connectivity index (χ3n) is 6.05. The van der Waals surface area contributed by atoms with Crippen LogP contribution in [0.1, 0.15) is 34.1 Å². The Morgan fingerprint density at radius 1 is 0.920 bits per heavy atom. The number of rotatable bonds is 1. The number of halogens is 1. The summed E-state index contributed by atoms with van der Waals surface area (Å²) in [5, 5.41) is 0. The van der Waals surface area contributed by atoms with Gasteiger partial charge in [0.2, 0.25) is 0 Å². The molecule has 2 aromatic rings. The van der Waals surface area contributed by atoms with E-state index in [0.29, 0.717) is 5.41 Å². The Hall–Kier alpha value is -1.47. The monoisotopic (exact) mass is 363 g/mol. The molecule has 1 fully saturated rings. The zero-order valence-electron chi connectivity index (χ0n) is 13.7. The molecule has 0 heterocycles. The molecule has 2 aromatic carbocycles. The minimum absolute atomic E-state index is 0.317. The van der Waals surface area contributed by atoms with Crippen molar-refractivity contribution in [1.29, 1.82) is 0 Å². The van der Waals surface area contributed by atoms with Crippen LogP contribution >= 0.6 is 0 Å². The molecule has 5 N–H and O–H groups in total. The van der Waals surface area contributed by atoms with Crippen LogP contribution in [0, 0.1) is 21.6 Å². The zero-order chi connectivity index (χ0) is 17.8. The average Bonchev–Trinajstić information content (AvgIpc) is 3.31. The van der Waals surface area contributed by atoms with Crippen molar-refractivity contribution in [2.24, 2.45) is 17.1 Å². The van der Waals surface area contributed by atoms with E-state index in [2.05, 4.69) is 48.5 Å². The van der Waals surface area contributed by atoms with E-state index in [1.165, 1.54) is 12.8 Å². The fourth-order valence-corrected chi connectivity index (χ4v) is 5.22. The Morgan fingerprint density at radius 3 is 1.72 bits per heavy atom. The van der Waals surface area contributed by atoms with Crippen molar-refractivity contribution in [2.75, 3.05) is 6.54 Å². The van der Waals surface area contributed by atoms with Gasteiger partial charge in [0.1, 0.15) is 0 Å². The van der Waals surface area contributed by atoms with Crippen LogP contribution in [0.2, 0.25) is 0 Å². The predicted octanol–water partition coefficient (Wildman–Crippen LogP) is 0.381. The Bertz CT molecular complexity index is 743. The Morgan fingerprint density at radius 2 is 1.32 bits per heavy atom. The molecular weight excluding hydrogens is 342 g/mol. The summed E-state index contributed by atoms with van der Waals surface area (Å²) in [5.74, 6) is 2.25. The molecule has 1 saturated carbocycles. The van der Waals surface area contributed by atoms with E-state index in [-0.39, 0.29) is 0 Å². The molecule has 2 unspecified atom stereocenters. The van der Waals surface area contributed by atoms with Crippen molar-refractivity contribution in [1.82, 2.24) is 0 Å². The minimum atomic E-state index is -4.19. The first-order chi connectivity index (χ1) is 11.8. The van der Waals surface area contributed by atoms with Crippen LogP contribution in [0.25, 0.3) is 0 Å². The summed E-state index contributed by atoms with van der Waals surface area (Å²) in [7, 11) is -4.19. The predicted molar refractivity (Wildman–Crippen MR) is 87.4 cm³/mol. The third kappa shape index (κ3) is 2.87. The van der Waals surface area contributed by atoms with E-state index in [4.69, 9.17) is 24.4 Å². The van der Waals surface area contributed by atoms with Crippen molar-refractivity contribution in [2.45, 2.75) is 24.7 Å². The molecule has 0 radical (unpaired) electrons. The summed E-state index contributed by atoms with van der Waals surface area (Å²) in [6.07, 6.45) is 2.34. The van der Waals surface area contributed by atoms with Crippen LogP contribution in [-0.2, 0) is 12.8 Å². The van der Waals surface area contributed by atoms with Gasteiger partial charge in [0.15, 0.2) is 0 Å². The number of hydrogen-bond donors (Lipinski definition) is 4. The molecule has 25 heavy (non-hydrogen) atoms. The summed E-state index contributed by atoms with van der Waals surface area (Å²) in [6.45, 7) is 0.827. The maximum absolute atomic E-state index is 8.83. The van der Waals surface area contributed by atoms with Gasteiger partial charge in [-0.05, 0) is 64.8 Å². The molecule has 5 nitrogen and oxygen atoms in total. The van der Waals surface area contributed by atoms with Crippen LogP contribution in [0.5, 0.6) is 0 Å². The first-order valence-electron chi connectivity index (χ1n) is 8.36. The van der Waals surface area contributed by atoms with Crippen molar-refractivity contribution in [3.63, 3.8) is 0 Å². The molecule has 0 aliphatic heterocycles. The molecule has 0 aromatic heterocycles. The molecule has 0 amide bonds. The summed E-state index contributed by atoms with van der Waals surface area (Å²) in [6, 6.07) is 18.1. The SMILES string of the molecule is NCC12Cc3ccccc3C3C(c4ccccc4C1)C32.[O-][Cl+](O)(O)O. The van der Waals surface area contributed by atoms with Gasteiger partial charge in [-0.25, -0.2) is 0 Å². The Labute approximate surface area is 148 Å². The molecule has 0 spiro atoms. The van der Waals surface area contributed by atoms with Gasteiger partial charge in [0.05, 0.1) is 0 Å². The standard InChI is InChI=1S/C19H19N.ClH3O4/c20-11-19-9-12-5-1-3-7-14(12)16-17(18(16)19)15-8-4-2-6-13(15)10-19;2-1(3,4)5/h1-8,16-18H,9-11,20H2;2-4H. The van der Waals surface area contributed by atoms with Crippen LogP contribution < -0.4 is 10.4 Å². The topological polar surface area (TPSA) is 110 Å². The Kier molecular flexibility index (Phi) is 3.92. The van der Waals surface area contributed by atoms with Crippen LogP contribution in [0.3, 0.4) is 0 Å². The zero-order valence-corrected chi connectivity index (χ0v) is 14.4. The molecule has 3 aliphatic rings. The van der Waals surface area contributed by atoms with E-state index in [1.807, 2.05) is 0 Å². The molecule has 0 bridgehead atoms. The van der Waals surface area contributed by atoms with Crippen molar-refractivity contribution in [3.05, 3.63) is 70.8 Å². The fourth-order valence-electron chi connectivity index (χ4n) is 5.22.